The molecular formula is C10H9BrO2. The number of aliphatic hydroxyl groups is 1. The van der Waals surface area contributed by atoms with E-state index in [-0.39, 0.29) is 0 Å². The van der Waals surface area contributed by atoms with Gasteiger partial charge in [0.25, 0.3) is 0 Å². The van der Waals surface area contributed by atoms with E-state index < -0.39 is 6.10 Å². The average Bonchev–Trinajstić information content (AvgIpc) is 2.63. The predicted octanol–water partition coefficient (Wildman–Crippen LogP) is 2.86. The van der Waals surface area contributed by atoms with Gasteiger partial charge in [0.1, 0.15) is 5.58 Å². The molecule has 0 saturated heterocycles. The van der Waals surface area contributed by atoms with Crippen molar-refractivity contribution in [1.29, 1.82) is 0 Å². The van der Waals surface area contributed by atoms with E-state index in [2.05, 4.69) is 15.9 Å². The van der Waals surface area contributed by atoms with Crippen molar-refractivity contribution in [2.75, 3.05) is 5.33 Å². The molecule has 1 heterocycles. The fourth-order valence-corrected chi connectivity index (χ4v) is 1.66. The van der Waals surface area contributed by atoms with Gasteiger partial charge < -0.3 is 9.52 Å². The van der Waals surface area contributed by atoms with Gasteiger partial charge in [0, 0.05) is 10.7 Å². The average molecular weight is 241 g/mol. The number of benzene rings is 1. The first-order chi connectivity index (χ1) is 6.31. The zero-order chi connectivity index (χ0) is 9.26. The minimum absolute atomic E-state index is 0.445. The van der Waals surface area contributed by atoms with E-state index in [0.717, 1.165) is 16.5 Å². The fraction of sp³-hybridized carbons (Fsp3) is 0.200. The molecule has 0 spiro atoms. The standard InChI is InChI=1S/C10H9BrO2/c11-6-9(12)7-1-2-10-8(5-7)3-4-13-10/h1-5,9,12H,6H2. The van der Waals surface area contributed by atoms with Gasteiger partial charge in [0.15, 0.2) is 0 Å². The van der Waals surface area contributed by atoms with Gasteiger partial charge >= 0.3 is 0 Å². The number of hydrogen-bond donors (Lipinski definition) is 1. The van der Waals surface area contributed by atoms with Crippen molar-refractivity contribution in [3.05, 3.63) is 36.1 Å². The smallest absolute Gasteiger partial charge is 0.133 e. The quantitative estimate of drug-likeness (QED) is 0.820. The Kier molecular flexibility index (Phi) is 2.38. The molecule has 1 N–H and O–H groups in total. The van der Waals surface area contributed by atoms with Gasteiger partial charge in [0.2, 0.25) is 0 Å². The summed E-state index contributed by atoms with van der Waals surface area (Å²) in [6.45, 7) is 0. The number of furan rings is 1. The molecule has 0 aliphatic carbocycles. The van der Waals surface area contributed by atoms with Crippen LogP contribution in [0.15, 0.2) is 34.9 Å². The maximum Gasteiger partial charge on any atom is 0.133 e. The van der Waals surface area contributed by atoms with Crippen LogP contribution in [0.1, 0.15) is 11.7 Å². The lowest BCUT2D eigenvalue weighted by molar-refractivity contribution is 0.205. The third kappa shape index (κ3) is 1.62. The van der Waals surface area contributed by atoms with E-state index in [0.29, 0.717) is 5.33 Å². The van der Waals surface area contributed by atoms with Crippen LogP contribution in [0.4, 0.5) is 0 Å². The lowest BCUT2D eigenvalue weighted by atomic mass is 10.1. The molecule has 2 nitrogen and oxygen atoms in total. The van der Waals surface area contributed by atoms with Crippen LogP contribution in [-0.4, -0.2) is 10.4 Å². The molecule has 1 unspecified atom stereocenters. The van der Waals surface area contributed by atoms with Crippen LogP contribution in [0, 0.1) is 0 Å². The molecule has 1 atom stereocenters. The summed E-state index contributed by atoms with van der Waals surface area (Å²) in [7, 11) is 0. The Balaban J connectivity index is 2.48. The fourth-order valence-electron chi connectivity index (χ4n) is 1.28. The summed E-state index contributed by atoms with van der Waals surface area (Å²) in [5.41, 5.74) is 1.76. The molecule has 2 rings (SSSR count). The first-order valence-electron chi connectivity index (χ1n) is 4.02. The molecule has 1 aromatic carbocycles. The van der Waals surface area contributed by atoms with Crippen LogP contribution in [0.3, 0.4) is 0 Å². The highest BCUT2D eigenvalue weighted by Gasteiger charge is 2.06. The van der Waals surface area contributed by atoms with E-state index in [4.69, 9.17) is 4.42 Å². The molecule has 3 heteroatoms. The monoisotopic (exact) mass is 240 g/mol. The number of alkyl halides is 1. The number of aliphatic hydroxyl groups excluding tert-OH is 1. The van der Waals surface area contributed by atoms with Crippen LogP contribution >= 0.6 is 15.9 Å². The summed E-state index contributed by atoms with van der Waals surface area (Å²) in [6.07, 6.45) is 1.20. The van der Waals surface area contributed by atoms with Gasteiger partial charge in [-0.25, -0.2) is 0 Å². The molecule has 13 heavy (non-hydrogen) atoms. The summed E-state index contributed by atoms with van der Waals surface area (Å²) in [6, 6.07) is 7.57. The first-order valence-corrected chi connectivity index (χ1v) is 5.14. The summed E-state index contributed by atoms with van der Waals surface area (Å²) >= 11 is 3.23. The molecule has 0 aliphatic rings. The Morgan fingerprint density at radius 3 is 3.00 bits per heavy atom. The van der Waals surface area contributed by atoms with Crippen LogP contribution < -0.4 is 0 Å². The maximum absolute atomic E-state index is 9.55. The molecule has 2 aromatic rings. The van der Waals surface area contributed by atoms with E-state index in [1.54, 1.807) is 6.26 Å². The summed E-state index contributed by atoms with van der Waals surface area (Å²) in [4.78, 5) is 0. The highest BCUT2D eigenvalue weighted by molar-refractivity contribution is 9.09. The lowest BCUT2D eigenvalue weighted by Gasteiger charge is -2.05. The van der Waals surface area contributed by atoms with E-state index in [9.17, 15) is 5.11 Å². The van der Waals surface area contributed by atoms with Crippen LogP contribution in [-0.2, 0) is 0 Å². The third-order valence-corrected chi connectivity index (χ3v) is 2.62. The van der Waals surface area contributed by atoms with Crippen LogP contribution in [0.25, 0.3) is 11.0 Å². The summed E-state index contributed by atoms with van der Waals surface area (Å²) < 4.78 is 5.19. The number of halogens is 1. The van der Waals surface area contributed by atoms with Crippen molar-refractivity contribution in [2.24, 2.45) is 0 Å². The van der Waals surface area contributed by atoms with Gasteiger partial charge in [-0.1, -0.05) is 22.0 Å². The molecule has 1 aromatic heterocycles. The Morgan fingerprint density at radius 2 is 2.23 bits per heavy atom. The highest BCUT2D eigenvalue weighted by atomic mass is 79.9. The minimum atomic E-state index is -0.445. The largest absolute Gasteiger partial charge is 0.464 e. The Bertz CT molecular complexity index is 408. The second kappa shape index (κ2) is 3.52. The van der Waals surface area contributed by atoms with Gasteiger partial charge in [0.05, 0.1) is 12.4 Å². The maximum atomic E-state index is 9.55. The van der Waals surface area contributed by atoms with E-state index in [1.165, 1.54) is 0 Å². The highest BCUT2D eigenvalue weighted by Crippen LogP contribution is 2.22. The molecule has 0 aliphatic heterocycles. The predicted molar refractivity (Wildman–Crippen MR) is 55.0 cm³/mol. The van der Waals surface area contributed by atoms with Crippen molar-refractivity contribution < 1.29 is 9.52 Å². The molecule has 0 saturated carbocycles. The second-order valence-corrected chi connectivity index (χ2v) is 3.54. The molecule has 0 amide bonds. The van der Waals surface area contributed by atoms with Crippen molar-refractivity contribution in [1.82, 2.24) is 0 Å². The van der Waals surface area contributed by atoms with Crippen molar-refractivity contribution in [3.63, 3.8) is 0 Å². The van der Waals surface area contributed by atoms with Gasteiger partial charge in [-0.05, 0) is 23.8 Å². The third-order valence-electron chi connectivity index (χ3n) is 2.01. The van der Waals surface area contributed by atoms with Crippen molar-refractivity contribution >= 4 is 26.9 Å². The SMILES string of the molecule is OC(CBr)c1ccc2occc2c1. The zero-order valence-electron chi connectivity index (χ0n) is 6.90. The molecule has 0 radical (unpaired) electrons. The topological polar surface area (TPSA) is 33.4 Å². The molecule has 0 fully saturated rings. The summed E-state index contributed by atoms with van der Waals surface area (Å²) in [5.74, 6) is 0. The second-order valence-electron chi connectivity index (χ2n) is 2.89. The van der Waals surface area contributed by atoms with Gasteiger partial charge in [-0.3, -0.25) is 0 Å². The molecule has 0 bridgehead atoms. The minimum Gasteiger partial charge on any atom is -0.464 e. The molecule has 68 valence electrons. The lowest BCUT2D eigenvalue weighted by Crippen LogP contribution is -1.97. The van der Waals surface area contributed by atoms with Crippen LogP contribution in [0.5, 0.6) is 0 Å². The number of hydrogen-bond acceptors (Lipinski definition) is 2. The van der Waals surface area contributed by atoms with E-state index >= 15 is 0 Å². The zero-order valence-corrected chi connectivity index (χ0v) is 8.49. The van der Waals surface area contributed by atoms with Crippen molar-refractivity contribution in [3.8, 4) is 0 Å². The number of fused-ring (bicyclic) bond motifs is 1. The Labute approximate surface area is 84.3 Å². The van der Waals surface area contributed by atoms with Crippen LogP contribution in [0.2, 0.25) is 0 Å². The van der Waals surface area contributed by atoms with Gasteiger partial charge in [-0.2, -0.15) is 0 Å². The van der Waals surface area contributed by atoms with E-state index in [1.807, 2.05) is 24.3 Å². The number of rotatable bonds is 2. The van der Waals surface area contributed by atoms with Crippen molar-refractivity contribution in [2.45, 2.75) is 6.10 Å². The Hall–Kier alpha value is -0.800. The summed E-state index contributed by atoms with van der Waals surface area (Å²) in [5, 5.41) is 11.1. The first kappa shape index (κ1) is 8.78. The Morgan fingerprint density at radius 1 is 1.38 bits per heavy atom. The normalized spacial score (nSPS) is 13.4. The van der Waals surface area contributed by atoms with Gasteiger partial charge in [-0.15, -0.1) is 0 Å². The molecular weight excluding hydrogens is 232 g/mol.